The molecule has 32 heavy (non-hydrogen) atoms. The molecule has 4 rings (SSSR count). The molecule has 0 aliphatic heterocycles. The lowest BCUT2D eigenvalue weighted by atomic mass is 10.1. The minimum Gasteiger partial charge on any atom is -0.507 e. The number of aromatic hydroxyl groups is 1. The number of thioether (sulfide) groups is 1. The van der Waals surface area contributed by atoms with Crippen molar-refractivity contribution in [1.82, 2.24) is 14.8 Å². The molecule has 0 saturated heterocycles. The van der Waals surface area contributed by atoms with Crippen LogP contribution in [0, 0.1) is 5.82 Å². The van der Waals surface area contributed by atoms with Crippen LogP contribution >= 0.6 is 11.8 Å². The summed E-state index contributed by atoms with van der Waals surface area (Å²) in [5, 5.41) is 24.0. The number of nitrogens with one attached hydrogen (secondary N) is 1. The number of rotatable bonds is 8. The Morgan fingerprint density at radius 2 is 1.84 bits per heavy atom. The first-order valence-corrected chi connectivity index (χ1v) is 10.9. The zero-order valence-corrected chi connectivity index (χ0v) is 18.1. The highest BCUT2D eigenvalue weighted by atomic mass is 32.2. The number of anilines is 1. The second-order valence-corrected chi connectivity index (χ2v) is 7.93. The van der Waals surface area contributed by atoms with E-state index in [1.54, 1.807) is 29.9 Å². The lowest BCUT2D eigenvalue weighted by Gasteiger charge is -2.12. The molecule has 9 heteroatoms. The van der Waals surface area contributed by atoms with Crippen LogP contribution in [-0.2, 0) is 16.1 Å². The minimum atomic E-state index is -0.497. The van der Waals surface area contributed by atoms with E-state index in [1.165, 1.54) is 23.9 Å². The summed E-state index contributed by atoms with van der Waals surface area (Å²) in [6.45, 7) is 0.830. The maximum absolute atomic E-state index is 13.8. The highest BCUT2D eigenvalue weighted by molar-refractivity contribution is 7.99. The molecule has 0 aliphatic carbocycles. The standard InChI is InChI=1S/C23H21FN4O3S/c1-31-11-10-28-22(17-12-15-6-2-3-7-16(15)13-20(17)29)26-27-23(28)32-14-21(30)25-19-9-5-4-8-18(19)24/h2-9,12-13,29H,10-11,14H2,1H3,(H,25,30). The van der Waals surface area contributed by atoms with Crippen molar-refractivity contribution < 1.29 is 19.0 Å². The molecule has 0 spiro atoms. The lowest BCUT2D eigenvalue weighted by Crippen LogP contribution is -2.16. The van der Waals surface area contributed by atoms with Gasteiger partial charge in [-0.3, -0.25) is 9.36 Å². The van der Waals surface area contributed by atoms with Gasteiger partial charge in [0.15, 0.2) is 11.0 Å². The van der Waals surface area contributed by atoms with Gasteiger partial charge in [0.25, 0.3) is 0 Å². The van der Waals surface area contributed by atoms with E-state index in [0.29, 0.717) is 29.7 Å². The number of hydrogen-bond acceptors (Lipinski definition) is 6. The average Bonchev–Trinajstić information content (AvgIpc) is 3.19. The molecule has 3 aromatic carbocycles. The SMILES string of the molecule is COCCn1c(SCC(=O)Nc2ccccc2F)nnc1-c1cc2ccccc2cc1O. The number of para-hydroxylation sites is 1. The predicted octanol–water partition coefficient (Wildman–Crippen LogP) is 4.32. The first-order chi connectivity index (χ1) is 15.6. The van der Waals surface area contributed by atoms with Gasteiger partial charge in [-0.25, -0.2) is 4.39 Å². The third-order valence-corrected chi connectivity index (χ3v) is 5.79. The molecule has 0 atom stereocenters. The number of carbonyl (C=O) groups excluding carboxylic acids is 1. The molecule has 4 aromatic rings. The predicted molar refractivity (Wildman–Crippen MR) is 122 cm³/mol. The van der Waals surface area contributed by atoms with Crippen molar-refractivity contribution in [2.75, 3.05) is 24.8 Å². The summed E-state index contributed by atoms with van der Waals surface area (Å²) >= 11 is 1.17. The first kappa shape index (κ1) is 21.8. The molecule has 0 unspecified atom stereocenters. The van der Waals surface area contributed by atoms with Crippen molar-refractivity contribution in [1.29, 1.82) is 0 Å². The Hall–Kier alpha value is -3.43. The number of fused-ring (bicyclic) bond motifs is 1. The molecule has 1 amide bonds. The fraction of sp³-hybridized carbons (Fsp3) is 0.174. The van der Waals surface area contributed by atoms with Crippen LogP contribution in [0.5, 0.6) is 5.75 Å². The van der Waals surface area contributed by atoms with Gasteiger partial charge in [-0.1, -0.05) is 48.2 Å². The zero-order chi connectivity index (χ0) is 22.5. The maximum Gasteiger partial charge on any atom is 0.234 e. The topological polar surface area (TPSA) is 89.3 Å². The van der Waals surface area contributed by atoms with Crippen LogP contribution in [0.15, 0.2) is 65.8 Å². The number of phenols is 1. The number of benzene rings is 3. The molecular formula is C23H21FN4O3S. The molecule has 0 bridgehead atoms. The Morgan fingerprint density at radius 1 is 1.12 bits per heavy atom. The van der Waals surface area contributed by atoms with E-state index in [-0.39, 0.29) is 23.1 Å². The molecule has 1 aromatic heterocycles. The zero-order valence-electron chi connectivity index (χ0n) is 17.3. The molecule has 0 fully saturated rings. The number of amides is 1. The fourth-order valence-corrected chi connectivity index (χ4v) is 4.03. The van der Waals surface area contributed by atoms with Crippen LogP contribution in [-0.4, -0.2) is 45.2 Å². The monoisotopic (exact) mass is 452 g/mol. The summed E-state index contributed by atoms with van der Waals surface area (Å²) in [4.78, 5) is 12.3. The summed E-state index contributed by atoms with van der Waals surface area (Å²) in [7, 11) is 1.59. The summed E-state index contributed by atoms with van der Waals surface area (Å²) in [5.74, 6) is -0.283. The van der Waals surface area contributed by atoms with E-state index in [9.17, 15) is 14.3 Å². The first-order valence-electron chi connectivity index (χ1n) is 9.88. The van der Waals surface area contributed by atoms with Gasteiger partial charge in [0.2, 0.25) is 5.91 Å². The highest BCUT2D eigenvalue weighted by Gasteiger charge is 2.19. The Labute approximate surface area is 188 Å². The summed E-state index contributed by atoms with van der Waals surface area (Å²) in [6, 6.07) is 17.2. The van der Waals surface area contributed by atoms with E-state index < -0.39 is 5.82 Å². The number of phenolic OH excluding ortho intramolecular Hbond substituents is 1. The fourth-order valence-electron chi connectivity index (χ4n) is 3.27. The van der Waals surface area contributed by atoms with Gasteiger partial charge in [0.05, 0.1) is 30.2 Å². The molecule has 2 N–H and O–H groups in total. The van der Waals surface area contributed by atoms with Crippen LogP contribution in [0.25, 0.3) is 22.2 Å². The average molecular weight is 453 g/mol. The van der Waals surface area contributed by atoms with E-state index in [2.05, 4.69) is 15.5 Å². The summed E-state index contributed by atoms with van der Waals surface area (Å²) in [6.07, 6.45) is 0. The van der Waals surface area contributed by atoms with Crippen molar-refractivity contribution >= 4 is 34.1 Å². The molecule has 7 nitrogen and oxygen atoms in total. The van der Waals surface area contributed by atoms with Gasteiger partial charge >= 0.3 is 0 Å². The maximum atomic E-state index is 13.8. The number of aromatic nitrogens is 3. The van der Waals surface area contributed by atoms with Crippen molar-refractivity contribution in [3.05, 3.63) is 66.5 Å². The number of hydrogen-bond donors (Lipinski definition) is 2. The molecular weight excluding hydrogens is 431 g/mol. The number of carbonyl (C=O) groups is 1. The largest absolute Gasteiger partial charge is 0.507 e. The molecule has 0 aliphatic rings. The molecule has 1 heterocycles. The Balaban J connectivity index is 1.58. The van der Waals surface area contributed by atoms with Crippen LogP contribution in [0.4, 0.5) is 10.1 Å². The molecule has 0 radical (unpaired) electrons. The Bertz CT molecular complexity index is 1260. The van der Waals surface area contributed by atoms with Crippen molar-refractivity contribution in [3.8, 4) is 17.1 Å². The van der Waals surface area contributed by atoms with Gasteiger partial charge in [-0.2, -0.15) is 0 Å². The lowest BCUT2D eigenvalue weighted by molar-refractivity contribution is -0.113. The van der Waals surface area contributed by atoms with Crippen LogP contribution in [0.3, 0.4) is 0 Å². The van der Waals surface area contributed by atoms with Crippen LogP contribution < -0.4 is 5.32 Å². The van der Waals surface area contributed by atoms with Gasteiger partial charge < -0.3 is 15.2 Å². The quantitative estimate of drug-likeness (QED) is 0.387. The Morgan fingerprint density at radius 3 is 2.59 bits per heavy atom. The second-order valence-electron chi connectivity index (χ2n) is 6.98. The van der Waals surface area contributed by atoms with Crippen molar-refractivity contribution in [3.63, 3.8) is 0 Å². The van der Waals surface area contributed by atoms with Gasteiger partial charge in [0, 0.05) is 7.11 Å². The second kappa shape index (κ2) is 9.80. The smallest absolute Gasteiger partial charge is 0.234 e. The van der Waals surface area contributed by atoms with Gasteiger partial charge in [-0.05, 0) is 35.0 Å². The van der Waals surface area contributed by atoms with Crippen LogP contribution in [0.1, 0.15) is 0 Å². The van der Waals surface area contributed by atoms with E-state index >= 15 is 0 Å². The third-order valence-electron chi connectivity index (χ3n) is 4.82. The highest BCUT2D eigenvalue weighted by Crippen LogP contribution is 2.34. The van der Waals surface area contributed by atoms with Gasteiger partial charge in [0.1, 0.15) is 11.6 Å². The number of ether oxygens (including phenoxy) is 1. The van der Waals surface area contributed by atoms with E-state index in [0.717, 1.165) is 10.8 Å². The minimum absolute atomic E-state index is 0.0170. The number of methoxy groups -OCH3 is 1. The van der Waals surface area contributed by atoms with Crippen LogP contribution in [0.2, 0.25) is 0 Å². The van der Waals surface area contributed by atoms with Crippen molar-refractivity contribution in [2.45, 2.75) is 11.7 Å². The Kier molecular flexibility index (Phi) is 6.67. The van der Waals surface area contributed by atoms with E-state index in [4.69, 9.17) is 4.74 Å². The van der Waals surface area contributed by atoms with Crippen molar-refractivity contribution in [2.24, 2.45) is 0 Å². The normalized spacial score (nSPS) is 11.1. The van der Waals surface area contributed by atoms with Gasteiger partial charge in [-0.15, -0.1) is 10.2 Å². The summed E-state index contributed by atoms with van der Waals surface area (Å²) < 4.78 is 20.8. The molecule has 0 saturated carbocycles. The summed E-state index contributed by atoms with van der Waals surface area (Å²) in [5.41, 5.74) is 0.663. The van der Waals surface area contributed by atoms with E-state index in [1.807, 2.05) is 30.3 Å². The third kappa shape index (κ3) is 4.74. The number of nitrogens with zero attached hydrogens (tertiary/aromatic N) is 3. The molecule has 164 valence electrons. The number of halogens is 1.